The van der Waals surface area contributed by atoms with Gasteiger partial charge in [0.1, 0.15) is 0 Å². The van der Waals surface area contributed by atoms with Crippen molar-refractivity contribution in [1.82, 2.24) is 10.6 Å². The van der Waals surface area contributed by atoms with Gasteiger partial charge in [-0.25, -0.2) is 4.79 Å². The normalized spacial score (nSPS) is 9.79. The summed E-state index contributed by atoms with van der Waals surface area (Å²) in [7, 11) is 0. The molecule has 0 rings (SSSR count). The Morgan fingerprint density at radius 3 is 2.71 bits per heavy atom. The van der Waals surface area contributed by atoms with E-state index in [1.165, 1.54) is 0 Å². The van der Waals surface area contributed by atoms with Gasteiger partial charge in [-0.15, -0.1) is 0 Å². The van der Waals surface area contributed by atoms with Gasteiger partial charge in [0, 0.05) is 13.2 Å². The second-order valence-electron chi connectivity index (χ2n) is 2.64. The van der Waals surface area contributed by atoms with Crippen LogP contribution in [-0.4, -0.2) is 38.2 Å². The fourth-order valence-electron chi connectivity index (χ4n) is 0.827. The third-order valence-electron chi connectivity index (χ3n) is 1.39. The number of hydrogen-bond acceptors (Lipinski definition) is 4. The molecule has 14 heavy (non-hydrogen) atoms. The standard InChI is InChI=1S/C8H17N3O3/c1-2-14-5-3-4-10-6-7(12)11-8(9)13/h10H,2-6H2,1H3,(H3,9,11,12,13). The van der Waals surface area contributed by atoms with Crippen molar-refractivity contribution in [2.24, 2.45) is 5.73 Å². The first kappa shape index (κ1) is 12.9. The molecule has 3 amide bonds. The summed E-state index contributed by atoms with van der Waals surface area (Å²) >= 11 is 0. The van der Waals surface area contributed by atoms with E-state index in [4.69, 9.17) is 10.5 Å². The topological polar surface area (TPSA) is 93.4 Å². The van der Waals surface area contributed by atoms with Crippen LogP contribution in [0.25, 0.3) is 0 Å². The summed E-state index contributed by atoms with van der Waals surface area (Å²) in [5, 5.41) is 4.80. The van der Waals surface area contributed by atoms with E-state index in [0.717, 1.165) is 6.42 Å². The third-order valence-corrected chi connectivity index (χ3v) is 1.39. The second-order valence-corrected chi connectivity index (χ2v) is 2.64. The molecule has 0 spiro atoms. The number of carbonyl (C=O) groups is 2. The first-order valence-electron chi connectivity index (χ1n) is 4.54. The summed E-state index contributed by atoms with van der Waals surface area (Å²) in [4.78, 5) is 21.1. The molecule has 0 heterocycles. The monoisotopic (exact) mass is 203 g/mol. The van der Waals surface area contributed by atoms with Gasteiger partial charge in [0.15, 0.2) is 0 Å². The average Bonchev–Trinajstić information content (AvgIpc) is 2.10. The number of primary amides is 1. The highest BCUT2D eigenvalue weighted by atomic mass is 16.5. The van der Waals surface area contributed by atoms with E-state index in [2.05, 4.69) is 5.32 Å². The Balaban J connectivity index is 3.19. The molecule has 0 aliphatic heterocycles. The van der Waals surface area contributed by atoms with Gasteiger partial charge in [-0.1, -0.05) is 0 Å². The predicted octanol–water partition coefficient (Wildman–Crippen LogP) is -0.802. The van der Waals surface area contributed by atoms with Gasteiger partial charge in [0.25, 0.3) is 0 Å². The van der Waals surface area contributed by atoms with E-state index in [-0.39, 0.29) is 6.54 Å². The molecule has 0 saturated heterocycles. The molecule has 0 bridgehead atoms. The molecule has 0 unspecified atom stereocenters. The Kier molecular flexibility index (Phi) is 7.77. The van der Waals surface area contributed by atoms with Crippen LogP contribution in [0.1, 0.15) is 13.3 Å². The summed E-state index contributed by atoms with van der Waals surface area (Å²) in [5.74, 6) is -0.422. The van der Waals surface area contributed by atoms with E-state index in [1.807, 2.05) is 12.2 Å². The van der Waals surface area contributed by atoms with Gasteiger partial charge in [-0.05, 0) is 19.9 Å². The Morgan fingerprint density at radius 1 is 1.43 bits per heavy atom. The van der Waals surface area contributed by atoms with E-state index >= 15 is 0 Å². The summed E-state index contributed by atoms with van der Waals surface area (Å²) in [5.41, 5.74) is 4.74. The fraction of sp³-hybridized carbons (Fsp3) is 0.750. The Labute approximate surface area is 83.2 Å². The van der Waals surface area contributed by atoms with Gasteiger partial charge >= 0.3 is 6.03 Å². The molecule has 0 fully saturated rings. The first-order valence-corrected chi connectivity index (χ1v) is 4.54. The molecule has 6 heteroatoms. The zero-order valence-corrected chi connectivity index (χ0v) is 8.34. The van der Waals surface area contributed by atoms with Crippen molar-refractivity contribution in [3.63, 3.8) is 0 Å². The molecular formula is C8H17N3O3. The average molecular weight is 203 g/mol. The quantitative estimate of drug-likeness (QED) is 0.472. The number of imide groups is 1. The molecule has 6 nitrogen and oxygen atoms in total. The molecule has 0 aliphatic carbocycles. The molecule has 0 saturated carbocycles. The Morgan fingerprint density at radius 2 is 2.14 bits per heavy atom. The van der Waals surface area contributed by atoms with Crippen molar-refractivity contribution >= 4 is 11.9 Å². The van der Waals surface area contributed by atoms with Gasteiger partial charge in [0.05, 0.1) is 6.54 Å². The Bertz CT molecular complexity index is 185. The summed E-state index contributed by atoms with van der Waals surface area (Å²) in [6, 6.07) is -0.828. The lowest BCUT2D eigenvalue weighted by molar-refractivity contribution is -0.119. The fourth-order valence-corrected chi connectivity index (χ4v) is 0.827. The van der Waals surface area contributed by atoms with E-state index in [0.29, 0.717) is 19.8 Å². The number of nitrogens with one attached hydrogen (secondary N) is 2. The maximum absolute atomic E-state index is 10.8. The summed E-state index contributed by atoms with van der Waals surface area (Å²) in [6.45, 7) is 4.05. The van der Waals surface area contributed by atoms with Crippen LogP contribution in [0.5, 0.6) is 0 Å². The minimum absolute atomic E-state index is 0.0923. The van der Waals surface area contributed by atoms with Gasteiger partial charge in [-0.2, -0.15) is 0 Å². The van der Waals surface area contributed by atoms with E-state index < -0.39 is 11.9 Å². The number of carbonyl (C=O) groups excluding carboxylic acids is 2. The molecule has 0 radical (unpaired) electrons. The number of nitrogens with two attached hydrogens (primary N) is 1. The van der Waals surface area contributed by atoms with Crippen molar-refractivity contribution in [2.45, 2.75) is 13.3 Å². The van der Waals surface area contributed by atoms with E-state index in [9.17, 15) is 9.59 Å². The molecule has 0 atom stereocenters. The van der Waals surface area contributed by atoms with Crippen LogP contribution in [0, 0.1) is 0 Å². The lowest BCUT2D eigenvalue weighted by Gasteiger charge is -2.04. The molecule has 4 N–H and O–H groups in total. The highest BCUT2D eigenvalue weighted by Gasteiger charge is 2.01. The van der Waals surface area contributed by atoms with Gasteiger partial charge in [0.2, 0.25) is 5.91 Å². The van der Waals surface area contributed by atoms with Crippen LogP contribution in [-0.2, 0) is 9.53 Å². The van der Waals surface area contributed by atoms with Crippen LogP contribution in [0.3, 0.4) is 0 Å². The van der Waals surface area contributed by atoms with Crippen LogP contribution in [0.2, 0.25) is 0 Å². The van der Waals surface area contributed by atoms with Crippen molar-refractivity contribution in [2.75, 3.05) is 26.3 Å². The van der Waals surface area contributed by atoms with Crippen molar-refractivity contribution in [1.29, 1.82) is 0 Å². The molecule has 0 aliphatic rings. The van der Waals surface area contributed by atoms with Crippen molar-refractivity contribution < 1.29 is 14.3 Å². The SMILES string of the molecule is CCOCCCNCC(=O)NC(N)=O. The van der Waals surface area contributed by atoms with Crippen LogP contribution in [0.15, 0.2) is 0 Å². The highest BCUT2D eigenvalue weighted by molar-refractivity contribution is 5.94. The number of urea groups is 1. The molecule has 0 aromatic carbocycles. The zero-order valence-electron chi connectivity index (χ0n) is 8.34. The van der Waals surface area contributed by atoms with Crippen LogP contribution >= 0.6 is 0 Å². The van der Waals surface area contributed by atoms with Crippen LogP contribution in [0.4, 0.5) is 4.79 Å². The third kappa shape index (κ3) is 8.95. The van der Waals surface area contributed by atoms with Gasteiger partial charge < -0.3 is 15.8 Å². The number of ether oxygens (including phenoxy) is 1. The van der Waals surface area contributed by atoms with Crippen LogP contribution < -0.4 is 16.4 Å². The molecule has 0 aromatic heterocycles. The zero-order chi connectivity index (χ0) is 10.8. The van der Waals surface area contributed by atoms with Gasteiger partial charge in [-0.3, -0.25) is 10.1 Å². The maximum atomic E-state index is 10.8. The molecule has 82 valence electrons. The summed E-state index contributed by atoms with van der Waals surface area (Å²) in [6.07, 6.45) is 0.831. The minimum atomic E-state index is -0.828. The summed E-state index contributed by atoms with van der Waals surface area (Å²) < 4.78 is 5.09. The lowest BCUT2D eigenvalue weighted by Crippen LogP contribution is -2.40. The number of hydrogen-bond donors (Lipinski definition) is 3. The largest absolute Gasteiger partial charge is 0.382 e. The van der Waals surface area contributed by atoms with E-state index in [1.54, 1.807) is 0 Å². The lowest BCUT2D eigenvalue weighted by atomic mass is 10.4. The smallest absolute Gasteiger partial charge is 0.318 e. The molecular weight excluding hydrogens is 186 g/mol. The second kappa shape index (κ2) is 8.46. The molecule has 0 aromatic rings. The van der Waals surface area contributed by atoms with Crippen molar-refractivity contribution in [3.05, 3.63) is 0 Å². The number of amides is 3. The Hall–Kier alpha value is -1.14. The highest BCUT2D eigenvalue weighted by Crippen LogP contribution is 1.79. The number of rotatable bonds is 7. The predicted molar refractivity (Wildman–Crippen MR) is 51.7 cm³/mol. The maximum Gasteiger partial charge on any atom is 0.318 e. The minimum Gasteiger partial charge on any atom is -0.382 e. The van der Waals surface area contributed by atoms with Crippen molar-refractivity contribution in [3.8, 4) is 0 Å². The first-order chi connectivity index (χ1) is 6.66.